The molecule has 0 radical (unpaired) electrons. The highest BCUT2D eigenvalue weighted by atomic mass is 35.5. The Morgan fingerprint density at radius 3 is 1.12 bits per heavy atom. The topological polar surface area (TPSA) is 219 Å². The second-order valence-corrected chi connectivity index (χ2v) is 28.5. The zero-order valence-corrected chi connectivity index (χ0v) is 65.4. The van der Waals surface area contributed by atoms with E-state index < -0.39 is 30.1 Å². The van der Waals surface area contributed by atoms with Crippen molar-refractivity contribution in [3.8, 4) is 28.7 Å². The molecule has 0 saturated carbocycles. The van der Waals surface area contributed by atoms with Crippen molar-refractivity contribution in [1.29, 1.82) is 0 Å². The Balaban J connectivity index is 0.000000155. The minimum Gasteiger partial charge on any atom is -0.491 e. The molecule has 3 N–H and O–H groups in total. The van der Waals surface area contributed by atoms with Gasteiger partial charge in [-0.1, -0.05) is 109 Å². The van der Waals surface area contributed by atoms with Crippen LogP contribution in [-0.2, 0) is 52.4 Å². The summed E-state index contributed by atoms with van der Waals surface area (Å²) in [7, 11) is 4.91. The van der Waals surface area contributed by atoms with Crippen LogP contribution in [0, 0.1) is 11.7 Å². The van der Waals surface area contributed by atoms with Crippen molar-refractivity contribution in [2.24, 2.45) is 5.92 Å². The minimum absolute atomic E-state index is 0.267. The molecule has 6 heterocycles. The van der Waals surface area contributed by atoms with Crippen molar-refractivity contribution in [1.82, 2.24) is 29.7 Å². The first kappa shape index (κ1) is 80.9. The second kappa shape index (κ2) is 39.6. The quantitative estimate of drug-likeness (QED) is 0.0388. The van der Waals surface area contributed by atoms with Gasteiger partial charge >= 0.3 is 18.3 Å². The standard InChI is InChI=1S/C29H28Cl2N2O5.C29H28ClFN2O5.C27H33ClN2O5/c1-35-14-15-36-16-17-37-21-9-6-19(7-10-21)28-27-22(23-18-20(30)8-11-25(23)32-27)12-13-33(28)29(34)38-26-5-3-2-4-24(26)31;1-35-14-15-36-16-17-37-22-7-2-19(3-8-22)28-27-24(25-18-20(30)4-11-26(25)32-27)12-13-33(28)29(34)38-23-9-5-21(31)6-10-23;1-18(2)17-35-27(31)30-11-10-22-23-16-20(28)6-9-24(23)29-25(22)26(30)19-4-7-21(8-5-19)34-15-14-33-13-12-32-3/h2*2-11,18,28,32H,12-17H2,1H3;4-9,16,18,26,29H,10-15,17H2,1-3H3. The highest BCUT2D eigenvalue weighted by Gasteiger charge is 2.39. The second-order valence-electron chi connectivity index (χ2n) is 26.8. The number of H-pyrrole nitrogens is 3. The maximum absolute atomic E-state index is 13.5. The summed E-state index contributed by atoms with van der Waals surface area (Å²) >= 11 is 25.2. The molecule has 0 bridgehead atoms. The molecule has 0 spiro atoms. The van der Waals surface area contributed by atoms with Crippen LogP contribution >= 0.6 is 46.4 Å². The predicted molar refractivity (Wildman–Crippen MR) is 427 cm³/mol. The molecular weight excluding hydrogens is 1510 g/mol. The number of rotatable bonds is 28. The number of carbonyl (C=O) groups is 3. The molecule has 3 amide bonds. The van der Waals surface area contributed by atoms with Crippen LogP contribution in [0.5, 0.6) is 28.7 Å². The van der Waals surface area contributed by atoms with Gasteiger partial charge in [-0.15, -0.1) is 0 Å². The van der Waals surface area contributed by atoms with Gasteiger partial charge in [0.1, 0.15) is 66.8 Å². The summed E-state index contributed by atoms with van der Waals surface area (Å²) < 4.78 is 79.0. The molecule has 3 atom stereocenters. The predicted octanol–water partition coefficient (Wildman–Crippen LogP) is 18.4. The van der Waals surface area contributed by atoms with Gasteiger partial charge in [-0.2, -0.15) is 0 Å². The number of nitrogens with one attached hydrogen (secondary N) is 3. The normalized spacial score (nSPS) is 15.1. The largest absolute Gasteiger partial charge is 0.491 e. The van der Waals surface area contributed by atoms with Gasteiger partial charge in [0.15, 0.2) is 5.75 Å². The third kappa shape index (κ3) is 20.8. The Hall–Kier alpha value is -9.56. The molecule has 21 nitrogen and oxygen atoms in total. The van der Waals surface area contributed by atoms with Crippen molar-refractivity contribution < 1.29 is 75.6 Å². The van der Waals surface area contributed by atoms with E-state index >= 15 is 0 Å². The highest BCUT2D eigenvalue weighted by Crippen LogP contribution is 2.44. The first-order chi connectivity index (χ1) is 54.0. The van der Waals surface area contributed by atoms with Gasteiger partial charge in [0.2, 0.25) is 0 Å². The van der Waals surface area contributed by atoms with E-state index in [2.05, 4.69) is 15.0 Å². The van der Waals surface area contributed by atoms with Crippen LogP contribution in [-0.4, -0.2) is 175 Å². The number of amides is 3. The van der Waals surface area contributed by atoms with Gasteiger partial charge in [-0.05, 0) is 186 Å². The Bertz CT molecular complexity index is 4890. The summed E-state index contributed by atoms with van der Waals surface area (Å²) in [4.78, 5) is 55.7. The number of carbonyl (C=O) groups excluding carboxylic acids is 3. The molecule has 111 heavy (non-hydrogen) atoms. The monoisotopic (exact) mass is 1590 g/mol. The lowest BCUT2D eigenvalue weighted by Gasteiger charge is -2.35. The molecule has 11 aromatic rings. The molecular formula is C85H89Cl4FN6O15. The number of hydrogen-bond donors (Lipinski definition) is 3. The third-order valence-electron chi connectivity index (χ3n) is 18.9. The maximum Gasteiger partial charge on any atom is 0.416 e. The number of aromatic amines is 3. The summed E-state index contributed by atoms with van der Waals surface area (Å²) in [5, 5.41) is 5.60. The van der Waals surface area contributed by atoms with Crippen molar-refractivity contribution in [2.45, 2.75) is 51.2 Å². The fourth-order valence-electron chi connectivity index (χ4n) is 13.7. The van der Waals surface area contributed by atoms with E-state index in [1.807, 2.05) is 141 Å². The number of halogens is 5. The van der Waals surface area contributed by atoms with Gasteiger partial charge in [0.25, 0.3) is 0 Å². The van der Waals surface area contributed by atoms with Gasteiger partial charge in [0, 0.05) is 106 Å². The molecule has 3 aliphatic heterocycles. The Morgan fingerprint density at radius 2 is 0.757 bits per heavy atom. The fourth-order valence-corrected chi connectivity index (χ4v) is 14.4. The van der Waals surface area contributed by atoms with Gasteiger partial charge in [0.05, 0.1) is 71.1 Å². The number of ether oxygens (including phenoxy) is 12. The van der Waals surface area contributed by atoms with Crippen molar-refractivity contribution in [2.75, 3.05) is 127 Å². The van der Waals surface area contributed by atoms with Crippen molar-refractivity contribution >= 4 is 97.4 Å². The molecule has 0 saturated heterocycles. The highest BCUT2D eigenvalue weighted by molar-refractivity contribution is 6.32. The molecule has 8 aromatic carbocycles. The number of benzene rings is 8. The fraction of sp³-hybridized carbons (Fsp3) is 0.329. The number of fused-ring (bicyclic) bond motifs is 9. The first-order valence-corrected chi connectivity index (χ1v) is 38.3. The van der Waals surface area contributed by atoms with Gasteiger partial charge in [-0.3, -0.25) is 14.7 Å². The van der Waals surface area contributed by atoms with Gasteiger partial charge < -0.3 is 71.8 Å². The zero-order valence-electron chi connectivity index (χ0n) is 62.3. The minimum atomic E-state index is -0.516. The molecule has 26 heteroatoms. The van der Waals surface area contributed by atoms with Crippen LogP contribution < -0.4 is 23.7 Å². The van der Waals surface area contributed by atoms with E-state index in [-0.39, 0.29) is 23.8 Å². The zero-order chi connectivity index (χ0) is 77.8. The molecule has 0 aliphatic carbocycles. The third-order valence-corrected chi connectivity index (χ3v) is 20.0. The van der Waals surface area contributed by atoms with E-state index in [0.717, 1.165) is 89.8 Å². The van der Waals surface area contributed by atoms with Crippen LogP contribution in [0.2, 0.25) is 20.1 Å². The van der Waals surface area contributed by atoms with Crippen LogP contribution in [0.15, 0.2) is 176 Å². The van der Waals surface area contributed by atoms with E-state index in [1.165, 1.54) is 29.8 Å². The van der Waals surface area contributed by atoms with Crippen molar-refractivity contribution in [3.05, 3.63) is 252 Å². The van der Waals surface area contributed by atoms with Crippen LogP contribution in [0.3, 0.4) is 0 Å². The average molecular weight is 1600 g/mol. The first-order valence-electron chi connectivity index (χ1n) is 36.7. The Labute approximate surface area is 663 Å². The molecule has 3 aromatic heterocycles. The van der Waals surface area contributed by atoms with E-state index in [1.54, 1.807) is 60.3 Å². The molecule has 14 rings (SSSR count). The molecule has 3 unspecified atom stereocenters. The van der Waals surface area contributed by atoms with E-state index in [9.17, 15) is 18.8 Å². The summed E-state index contributed by atoms with van der Waals surface area (Å²) in [6.45, 7) is 11.9. The summed E-state index contributed by atoms with van der Waals surface area (Å²) in [6, 6.07) is 51.8. The van der Waals surface area contributed by atoms with E-state index in [4.69, 9.17) is 103 Å². The smallest absolute Gasteiger partial charge is 0.416 e. The lowest BCUT2D eigenvalue weighted by atomic mass is 9.92. The summed E-state index contributed by atoms with van der Waals surface area (Å²) in [6.07, 6.45) is 0.729. The lowest BCUT2D eigenvalue weighted by Crippen LogP contribution is -2.42. The van der Waals surface area contributed by atoms with Crippen molar-refractivity contribution in [3.63, 3.8) is 0 Å². The molecule has 584 valence electrons. The number of hydrogen-bond acceptors (Lipinski definition) is 15. The Kier molecular flexibility index (Phi) is 28.9. The number of para-hydroxylation sites is 1. The molecule has 0 fully saturated rings. The van der Waals surface area contributed by atoms with Crippen LogP contribution in [0.1, 0.15) is 82.4 Å². The Morgan fingerprint density at radius 1 is 0.414 bits per heavy atom. The van der Waals surface area contributed by atoms with Crippen LogP contribution in [0.25, 0.3) is 32.7 Å². The summed E-state index contributed by atoms with van der Waals surface area (Å²) in [5.74, 6) is 2.63. The van der Waals surface area contributed by atoms with Crippen LogP contribution in [0.4, 0.5) is 18.8 Å². The number of aromatic nitrogens is 3. The maximum atomic E-state index is 13.5. The SMILES string of the molecule is COCCOCCOc1ccc(C2c3[nH]c4ccc(Cl)cc4c3CCN2C(=O)OCC(C)C)cc1.COCCOCCOc1ccc(C2c3[nH]c4ccc(Cl)cc4c3CCN2C(=O)Oc2ccc(F)cc2)cc1.COCCOCCOc1ccc(C2c3[nH]c4ccc(Cl)cc4c3CCN2C(=O)Oc2ccccc2Cl)cc1. The van der Waals surface area contributed by atoms with E-state index in [0.29, 0.717) is 156 Å². The number of nitrogens with zero attached hydrogens (tertiary/aromatic N) is 3. The van der Waals surface area contributed by atoms with Gasteiger partial charge in [-0.25, -0.2) is 18.8 Å². The molecule has 3 aliphatic rings. The number of methoxy groups -OCH3 is 3. The average Bonchev–Trinajstić information content (AvgIpc) is 1.65. The summed E-state index contributed by atoms with van der Waals surface area (Å²) in [5.41, 5.74) is 12.0. The lowest BCUT2D eigenvalue weighted by molar-refractivity contribution is 0.0544.